The summed E-state index contributed by atoms with van der Waals surface area (Å²) in [6.45, 7) is 1.46. The highest BCUT2D eigenvalue weighted by molar-refractivity contribution is 5.88. The average molecular weight is 277 g/mol. The minimum atomic E-state index is -0.456. The van der Waals surface area contributed by atoms with E-state index >= 15 is 0 Å². The van der Waals surface area contributed by atoms with Gasteiger partial charge in [-0.1, -0.05) is 6.07 Å². The highest BCUT2D eigenvalue weighted by atomic mass is 16.5. The number of hydrogen-bond acceptors (Lipinski definition) is 4. The molecule has 5 heteroatoms. The van der Waals surface area contributed by atoms with Gasteiger partial charge in [0.1, 0.15) is 11.4 Å². The zero-order valence-electron chi connectivity index (χ0n) is 11.8. The molecule has 5 nitrogen and oxygen atoms in total. The first-order chi connectivity index (χ1) is 9.53. The third kappa shape index (κ3) is 3.50. The van der Waals surface area contributed by atoms with E-state index in [0.29, 0.717) is 11.4 Å². The van der Waals surface area contributed by atoms with E-state index < -0.39 is 5.60 Å². The molecule has 1 aromatic rings. The standard InChI is InChI=1S/C15H19NO4/c1-11(17)16-12-5-3-6-13(9-12)20-15(7-4-8-15)10-14(18)19-2/h3,5-6,9H,4,7-8,10H2,1-2H3,(H,16,17). The fraction of sp³-hybridized carbons (Fsp3) is 0.467. The van der Waals surface area contributed by atoms with Gasteiger partial charge in [0, 0.05) is 18.7 Å². The van der Waals surface area contributed by atoms with Gasteiger partial charge in [0.05, 0.1) is 13.5 Å². The number of rotatable bonds is 5. The number of esters is 1. The van der Waals surface area contributed by atoms with Crippen molar-refractivity contribution >= 4 is 17.6 Å². The van der Waals surface area contributed by atoms with E-state index in [4.69, 9.17) is 9.47 Å². The first kappa shape index (κ1) is 14.4. The molecule has 0 radical (unpaired) electrons. The molecule has 1 saturated carbocycles. The molecule has 1 aliphatic rings. The molecule has 0 unspecified atom stereocenters. The van der Waals surface area contributed by atoms with Crippen LogP contribution in [0, 0.1) is 0 Å². The van der Waals surface area contributed by atoms with Crippen molar-refractivity contribution in [1.82, 2.24) is 0 Å². The maximum atomic E-state index is 11.5. The largest absolute Gasteiger partial charge is 0.487 e. The van der Waals surface area contributed by atoms with Crippen molar-refractivity contribution < 1.29 is 19.1 Å². The Morgan fingerprint density at radius 3 is 2.65 bits per heavy atom. The zero-order valence-corrected chi connectivity index (χ0v) is 11.8. The molecule has 108 valence electrons. The van der Waals surface area contributed by atoms with Crippen LogP contribution in [0.15, 0.2) is 24.3 Å². The number of hydrogen-bond donors (Lipinski definition) is 1. The van der Waals surface area contributed by atoms with Gasteiger partial charge in [-0.25, -0.2) is 0 Å². The van der Waals surface area contributed by atoms with E-state index in [-0.39, 0.29) is 18.3 Å². The van der Waals surface area contributed by atoms with Crippen molar-refractivity contribution in [2.45, 2.75) is 38.2 Å². The smallest absolute Gasteiger partial charge is 0.309 e. The summed E-state index contributed by atoms with van der Waals surface area (Å²) in [6, 6.07) is 7.19. The van der Waals surface area contributed by atoms with Gasteiger partial charge in [-0.05, 0) is 31.4 Å². The number of methoxy groups -OCH3 is 1. The quantitative estimate of drug-likeness (QED) is 0.840. The molecule has 1 aromatic carbocycles. The first-order valence-electron chi connectivity index (χ1n) is 6.66. The van der Waals surface area contributed by atoms with Gasteiger partial charge in [0.15, 0.2) is 0 Å². The molecule has 0 heterocycles. The van der Waals surface area contributed by atoms with E-state index in [0.717, 1.165) is 19.3 Å². The van der Waals surface area contributed by atoms with Gasteiger partial charge in [0.25, 0.3) is 0 Å². The molecule has 0 bridgehead atoms. The number of amides is 1. The van der Waals surface area contributed by atoms with Crippen molar-refractivity contribution in [1.29, 1.82) is 0 Å². The van der Waals surface area contributed by atoms with Crippen molar-refractivity contribution in [3.63, 3.8) is 0 Å². The lowest BCUT2D eigenvalue weighted by Gasteiger charge is -2.41. The number of nitrogens with one attached hydrogen (secondary N) is 1. The van der Waals surface area contributed by atoms with Crippen LogP contribution in [0.4, 0.5) is 5.69 Å². The van der Waals surface area contributed by atoms with Crippen molar-refractivity contribution in [2.24, 2.45) is 0 Å². The van der Waals surface area contributed by atoms with E-state index in [1.54, 1.807) is 12.1 Å². The van der Waals surface area contributed by atoms with E-state index in [2.05, 4.69) is 5.32 Å². The van der Waals surface area contributed by atoms with Crippen LogP contribution >= 0.6 is 0 Å². The van der Waals surface area contributed by atoms with Crippen LogP contribution in [0.25, 0.3) is 0 Å². The Bertz CT molecular complexity index is 508. The zero-order chi connectivity index (χ0) is 14.6. The Balaban J connectivity index is 2.07. The summed E-state index contributed by atoms with van der Waals surface area (Å²) in [6.07, 6.45) is 2.98. The van der Waals surface area contributed by atoms with E-state index in [1.165, 1.54) is 14.0 Å². The molecular formula is C15H19NO4. The number of ether oxygens (including phenoxy) is 2. The summed E-state index contributed by atoms with van der Waals surface area (Å²) < 4.78 is 10.7. The Kier molecular flexibility index (Phi) is 4.27. The Hall–Kier alpha value is -2.04. The molecule has 0 aromatic heterocycles. The van der Waals surface area contributed by atoms with Crippen molar-refractivity contribution in [3.8, 4) is 5.75 Å². The number of anilines is 1. The lowest BCUT2D eigenvalue weighted by Crippen LogP contribution is -2.45. The predicted octanol–water partition coefficient (Wildman–Crippen LogP) is 2.51. The van der Waals surface area contributed by atoms with Gasteiger partial charge < -0.3 is 14.8 Å². The van der Waals surface area contributed by atoms with Gasteiger partial charge in [-0.3, -0.25) is 9.59 Å². The van der Waals surface area contributed by atoms with Crippen molar-refractivity contribution in [3.05, 3.63) is 24.3 Å². The second-order valence-electron chi connectivity index (χ2n) is 5.10. The fourth-order valence-corrected chi connectivity index (χ4v) is 2.31. The van der Waals surface area contributed by atoms with Gasteiger partial charge in [-0.15, -0.1) is 0 Å². The predicted molar refractivity (Wildman–Crippen MR) is 74.6 cm³/mol. The third-order valence-corrected chi connectivity index (χ3v) is 3.45. The maximum absolute atomic E-state index is 11.5. The minimum Gasteiger partial charge on any atom is -0.487 e. The molecule has 1 amide bonds. The normalized spacial score (nSPS) is 15.9. The van der Waals surface area contributed by atoms with E-state index in [1.807, 2.05) is 12.1 Å². The second kappa shape index (κ2) is 5.94. The van der Waals surface area contributed by atoms with Crippen LogP contribution < -0.4 is 10.1 Å². The van der Waals surface area contributed by atoms with E-state index in [9.17, 15) is 9.59 Å². The third-order valence-electron chi connectivity index (χ3n) is 3.45. The fourth-order valence-electron chi connectivity index (χ4n) is 2.31. The summed E-state index contributed by atoms with van der Waals surface area (Å²) >= 11 is 0. The Labute approximate surface area is 118 Å². The summed E-state index contributed by atoms with van der Waals surface area (Å²) in [5.41, 5.74) is 0.227. The highest BCUT2D eigenvalue weighted by Crippen LogP contribution is 2.40. The van der Waals surface area contributed by atoms with Crippen molar-refractivity contribution in [2.75, 3.05) is 12.4 Å². The lowest BCUT2D eigenvalue weighted by molar-refractivity contribution is -0.148. The highest BCUT2D eigenvalue weighted by Gasteiger charge is 2.41. The molecule has 1 N–H and O–H groups in total. The second-order valence-corrected chi connectivity index (χ2v) is 5.10. The Morgan fingerprint density at radius 1 is 1.35 bits per heavy atom. The number of carbonyl (C=O) groups excluding carboxylic acids is 2. The SMILES string of the molecule is COC(=O)CC1(Oc2cccc(NC(C)=O)c2)CCC1. The molecule has 0 spiro atoms. The summed E-state index contributed by atoms with van der Waals surface area (Å²) in [7, 11) is 1.38. The maximum Gasteiger partial charge on any atom is 0.309 e. The summed E-state index contributed by atoms with van der Waals surface area (Å²) in [4.78, 5) is 22.5. The molecule has 0 atom stereocenters. The van der Waals surface area contributed by atoms with Gasteiger partial charge in [0.2, 0.25) is 5.91 Å². The first-order valence-corrected chi connectivity index (χ1v) is 6.66. The van der Waals surface area contributed by atoms with Crippen LogP contribution in [0.2, 0.25) is 0 Å². The lowest BCUT2D eigenvalue weighted by atomic mass is 9.77. The Morgan fingerprint density at radius 2 is 2.10 bits per heavy atom. The molecule has 0 saturated heterocycles. The average Bonchev–Trinajstić information content (AvgIpc) is 2.35. The molecular weight excluding hydrogens is 258 g/mol. The molecule has 20 heavy (non-hydrogen) atoms. The van der Waals surface area contributed by atoms with Crippen LogP contribution in [0.1, 0.15) is 32.6 Å². The van der Waals surface area contributed by atoms with Crippen LogP contribution in [-0.2, 0) is 14.3 Å². The molecule has 0 aliphatic heterocycles. The molecule has 2 rings (SSSR count). The van der Waals surface area contributed by atoms with Gasteiger partial charge in [-0.2, -0.15) is 0 Å². The monoisotopic (exact) mass is 277 g/mol. The van der Waals surface area contributed by atoms with Crippen LogP contribution in [-0.4, -0.2) is 24.6 Å². The molecule has 1 aliphatic carbocycles. The summed E-state index contributed by atoms with van der Waals surface area (Å²) in [5, 5.41) is 2.71. The van der Waals surface area contributed by atoms with Crippen LogP contribution in [0.5, 0.6) is 5.75 Å². The van der Waals surface area contributed by atoms with Crippen LogP contribution in [0.3, 0.4) is 0 Å². The topological polar surface area (TPSA) is 64.6 Å². The molecule has 1 fully saturated rings. The minimum absolute atomic E-state index is 0.130. The van der Waals surface area contributed by atoms with Gasteiger partial charge >= 0.3 is 5.97 Å². The number of benzene rings is 1. The summed E-state index contributed by atoms with van der Waals surface area (Å²) in [5.74, 6) is 0.262. The number of carbonyl (C=O) groups is 2.